The van der Waals surface area contributed by atoms with Gasteiger partial charge in [-0.25, -0.2) is 18.7 Å². The van der Waals surface area contributed by atoms with Crippen LogP contribution in [0.5, 0.6) is 11.5 Å². The van der Waals surface area contributed by atoms with Crippen molar-refractivity contribution in [2.24, 2.45) is 11.8 Å². The average molecular weight is 433 g/mol. The molecule has 1 aliphatic heterocycles. The molecule has 2 bridgehead atoms. The lowest BCUT2D eigenvalue weighted by Crippen LogP contribution is -2.59. The predicted octanol–water partition coefficient (Wildman–Crippen LogP) is 4.30. The van der Waals surface area contributed by atoms with E-state index in [0.717, 1.165) is 25.6 Å². The highest BCUT2D eigenvalue weighted by Crippen LogP contribution is 2.43. The van der Waals surface area contributed by atoms with Crippen molar-refractivity contribution in [1.82, 2.24) is 15.3 Å². The van der Waals surface area contributed by atoms with Crippen LogP contribution in [0.25, 0.3) is 10.9 Å². The Morgan fingerprint density at radius 2 is 1.93 bits per heavy atom. The summed E-state index contributed by atoms with van der Waals surface area (Å²) in [5, 5.41) is 6.33. The van der Waals surface area contributed by atoms with Gasteiger partial charge >= 0.3 is 0 Å². The number of benzene rings is 2. The van der Waals surface area contributed by atoms with Crippen LogP contribution in [0.2, 0.25) is 5.02 Å². The Morgan fingerprint density at radius 3 is 2.67 bits per heavy atom. The number of rotatable bonds is 5. The number of methoxy groups -OCH3 is 1. The molecule has 0 radical (unpaired) electrons. The van der Waals surface area contributed by atoms with Gasteiger partial charge in [-0.05, 0) is 24.6 Å². The van der Waals surface area contributed by atoms with Crippen LogP contribution < -0.4 is 20.1 Å². The first-order valence-electron chi connectivity index (χ1n) is 9.65. The summed E-state index contributed by atoms with van der Waals surface area (Å²) in [6.07, 6.45) is 2.65. The van der Waals surface area contributed by atoms with Gasteiger partial charge in [0.1, 0.15) is 29.1 Å². The number of piperidine rings is 2. The lowest BCUT2D eigenvalue weighted by atomic mass is 9.69. The topological polar surface area (TPSA) is 68.3 Å². The number of anilines is 2. The molecule has 3 atom stereocenters. The van der Waals surface area contributed by atoms with Crippen molar-refractivity contribution in [2.75, 3.05) is 25.5 Å². The van der Waals surface area contributed by atoms with E-state index in [1.54, 1.807) is 19.2 Å². The van der Waals surface area contributed by atoms with Crippen LogP contribution in [0.1, 0.15) is 6.42 Å². The zero-order valence-electron chi connectivity index (χ0n) is 16.1. The van der Waals surface area contributed by atoms with E-state index in [1.807, 2.05) is 0 Å². The standard InChI is InChI=1S/C21H19ClF2N4O2/c1-29-16-6-15-12(5-17(16)30-20-10-4-11(20)8-25-7-10)21(27-9-26-15)28-14-3-2-13(23)18(22)19(14)24/h2-3,5-6,9-11,20,25H,4,7-8H2,1H3,(H,26,27,28)/t10-,11+,20?. The van der Waals surface area contributed by atoms with E-state index in [4.69, 9.17) is 21.1 Å². The second-order valence-electron chi connectivity index (χ2n) is 7.59. The van der Waals surface area contributed by atoms with Gasteiger partial charge in [0, 0.05) is 36.4 Å². The van der Waals surface area contributed by atoms with Crippen molar-refractivity contribution in [1.29, 1.82) is 0 Å². The maximum absolute atomic E-state index is 14.4. The van der Waals surface area contributed by atoms with Gasteiger partial charge < -0.3 is 20.1 Å². The van der Waals surface area contributed by atoms with Gasteiger partial charge in [-0.2, -0.15) is 0 Å². The summed E-state index contributed by atoms with van der Waals surface area (Å²) >= 11 is 5.69. The van der Waals surface area contributed by atoms with E-state index < -0.39 is 16.7 Å². The minimum Gasteiger partial charge on any atom is -0.493 e. The number of nitrogens with zero attached hydrogens (tertiary/aromatic N) is 2. The number of aromatic nitrogens is 2. The molecule has 1 aliphatic carbocycles. The molecule has 1 aromatic heterocycles. The number of hydrogen-bond acceptors (Lipinski definition) is 6. The molecule has 2 heterocycles. The van der Waals surface area contributed by atoms with Crippen LogP contribution in [0, 0.1) is 23.5 Å². The van der Waals surface area contributed by atoms with Gasteiger partial charge in [0.2, 0.25) is 0 Å². The highest BCUT2D eigenvalue weighted by atomic mass is 35.5. The molecular formula is C21H19ClF2N4O2. The van der Waals surface area contributed by atoms with Gasteiger partial charge in [-0.1, -0.05) is 11.6 Å². The first-order valence-corrected chi connectivity index (χ1v) is 10.0. The molecule has 1 saturated carbocycles. The molecule has 0 spiro atoms. The SMILES string of the molecule is COc1cc2ncnc(Nc3ccc(F)c(Cl)c3F)c2cc1OC1[C@@H]2CNC[C@H]1C2. The number of nitrogens with one attached hydrogen (secondary N) is 2. The van der Waals surface area contributed by atoms with E-state index in [-0.39, 0.29) is 11.8 Å². The molecule has 0 amide bonds. The Morgan fingerprint density at radius 1 is 1.13 bits per heavy atom. The summed E-state index contributed by atoms with van der Waals surface area (Å²) in [4.78, 5) is 8.51. The Hall–Kier alpha value is -2.71. The summed E-state index contributed by atoms with van der Waals surface area (Å²) in [7, 11) is 1.58. The molecule has 2 aliphatic rings. The summed E-state index contributed by atoms with van der Waals surface area (Å²) in [5.74, 6) is 0.748. The monoisotopic (exact) mass is 432 g/mol. The molecular weight excluding hydrogens is 414 g/mol. The third kappa shape index (κ3) is 3.20. The van der Waals surface area contributed by atoms with Crippen molar-refractivity contribution in [2.45, 2.75) is 12.5 Å². The quantitative estimate of drug-likeness (QED) is 0.586. The molecule has 30 heavy (non-hydrogen) atoms. The Balaban J connectivity index is 1.52. The van der Waals surface area contributed by atoms with Crippen LogP contribution in [0.15, 0.2) is 30.6 Å². The van der Waals surface area contributed by atoms with Crippen molar-refractivity contribution >= 4 is 34.0 Å². The fourth-order valence-corrected chi connectivity index (χ4v) is 4.37. The smallest absolute Gasteiger partial charge is 0.168 e. The van der Waals surface area contributed by atoms with Crippen LogP contribution in [-0.4, -0.2) is 36.3 Å². The fourth-order valence-electron chi connectivity index (χ4n) is 4.20. The number of ether oxygens (including phenoxy) is 2. The largest absolute Gasteiger partial charge is 0.493 e. The van der Waals surface area contributed by atoms with Gasteiger partial charge in [-0.15, -0.1) is 0 Å². The van der Waals surface area contributed by atoms with Crippen LogP contribution in [0.3, 0.4) is 0 Å². The van der Waals surface area contributed by atoms with Gasteiger partial charge in [0.25, 0.3) is 0 Å². The van der Waals surface area contributed by atoms with Crippen molar-refractivity contribution < 1.29 is 18.3 Å². The highest BCUT2D eigenvalue weighted by Gasteiger charge is 2.45. The summed E-state index contributed by atoms with van der Waals surface area (Å²) in [6.45, 7) is 1.88. The third-order valence-corrected chi connectivity index (χ3v) is 6.17. The molecule has 2 aromatic carbocycles. The van der Waals surface area contributed by atoms with Crippen LogP contribution >= 0.6 is 11.6 Å². The van der Waals surface area contributed by atoms with Gasteiger partial charge in [0.15, 0.2) is 17.3 Å². The molecule has 5 rings (SSSR count). The minimum atomic E-state index is -0.886. The first kappa shape index (κ1) is 19.3. The van der Waals surface area contributed by atoms with Gasteiger partial charge in [0.05, 0.1) is 18.3 Å². The van der Waals surface area contributed by atoms with E-state index in [2.05, 4.69) is 20.6 Å². The van der Waals surface area contributed by atoms with Crippen molar-refractivity contribution in [3.8, 4) is 11.5 Å². The summed E-state index contributed by atoms with van der Waals surface area (Å²) in [5.41, 5.74) is 0.611. The molecule has 2 fully saturated rings. The first-order chi connectivity index (χ1) is 14.5. The normalized spacial score (nSPS) is 22.5. The molecule has 2 N–H and O–H groups in total. The highest BCUT2D eigenvalue weighted by molar-refractivity contribution is 6.31. The van der Waals surface area contributed by atoms with E-state index in [0.29, 0.717) is 40.1 Å². The van der Waals surface area contributed by atoms with E-state index >= 15 is 0 Å². The Bertz CT molecular complexity index is 1120. The van der Waals surface area contributed by atoms with E-state index in [1.165, 1.54) is 12.4 Å². The maximum Gasteiger partial charge on any atom is 0.168 e. The average Bonchev–Trinajstić information content (AvgIpc) is 2.77. The molecule has 3 aromatic rings. The lowest BCUT2D eigenvalue weighted by molar-refractivity contribution is -0.0455. The lowest BCUT2D eigenvalue weighted by Gasteiger charge is -2.49. The predicted molar refractivity (Wildman–Crippen MR) is 110 cm³/mol. The second kappa shape index (κ2) is 7.52. The molecule has 1 unspecified atom stereocenters. The van der Waals surface area contributed by atoms with Crippen molar-refractivity contribution in [3.63, 3.8) is 0 Å². The van der Waals surface area contributed by atoms with Crippen molar-refractivity contribution in [3.05, 3.63) is 47.2 Å². The van der Waals surface area contributed by atoms with E-state index in [9.17, 15) is 8.78 Å². The second-order valence-corrected chi connectivity index (χ2v) is 7.96. The third-order valence-electron chi connectivity index (χ3n) is 5.82. The van der Waals surface area contributed by atoms with Crippen LogP contribution in [-0.2, 0) is 0 Å². The maximum atomic E-state index is 14.4. The zero-order chi connectivity index (χ0) is 20.8. The molecule has 156 valence electrons. The van der Waals surface area contributed by atoms with Gasteiger partial charge in [-0.3, -0.25) is 0 Å². The minimum absolute atomic E-state index is 0.0132. The number of fused-ring (bicyclic) bond motifs is 3. The molecule has 1 saturated heterocycles. The van der Waals surface area contributed by atoms with Crippen LogP contribution in [0.4, 0.5) is 20.3 Å². The summed E-state index contributed by atoms with van der Waals surface area (Å²) in [6, 6.07) is 5.92. The Kier molecular flexibility index (Phi) is 4.83. The zero-order valence-corrected chi connectivity index (χ0v) is 16.8. The Labute approximate surface area is 176 Å². The molecule has 6 nitrogen and oxygen atoms in total. The summed E-state index contributed by atoms with van der Waals surface area (Å²) < 4.78 is 39.7. The number of hydrogen-bond donors (Lipinski definition) is 2. The number of halogens is 3. The molecule has 9 heteroatoms. The fraction of sp³-hybridized carbons (Fsp3) is 0.333.